The van der Waals surface area contributed by atoms with Crippen LogP contribution >= 0.6 is 0 Å². The fourth-order valence-corrected chi connectivity index (χ4v) is 5.21. The first-order valence-electron chi connectivity index (χ1n) is 13.3. The molecule has 1 heterocycles. The van der Waals surface area contributed by atoms with Crippen LogP contribution < -0.4 is 20.9 Å². The number of aromatic nitrogens is 2. The number of hydrogen-bond donors (Lipinski definition) is 3. The molecule has 44 heavy (non-hydrogen) atoms. The molecule has 0 spiro atoms. The van der Waals surface area contributed by atoms with E-state index in [4.69, 9.17) is 4.74 Å². The van der Waals surface area contributed by atoms with E-state index in [2.05, 4.69) is 36.3 Å². The largest absolute Gasteiger partial charge is 0.495 e. The molecule has 3 N–H and O–H groups in total. The van der Waals surface area contributed by atoms with Crippen molar-refractivity contribution in [3.05, 3.63) is 89.5 Å². The molecule has 1 aromatic heterocycles. The Morgan fingerprint density at radius 1 is 0.705 bits per heavy atom. The maximum Gasteiger partial charge on any atom is 0.231 e. The second-order valence-electron chi connectivity index (χ2n) is 9.91. The fraction of sp³-hybridized carbons (Fsp3) is 0.200. The molecule has 0 saturated carbocycles. The Bertz CT molecular complexity index is 1830. The van der Waals surface area contributed by atoms with Gasteiger partial charge in [-0.25, -0.2) is 16.8 Å². The van der Waals surface area contributed by atoms with Crippen molar-refractivity contribution in [1.29, 1.82) is 0 Å². The highest BCUT2D eigenvalue weighted by Crippen LogP contribution is 2.29. The Labute approximate surface area is 257 Å². The first-order chi connectivity index (χ1) is 20.8. The summed E-state index contributed by atoms with van der Waals surface area (Å²) < 4.78 is 52.7. The minimum Gasteiger partial charge on any atom is -0.495 e. The van der Waals surface area contributed by atoms with E-state index < -0.39 is 19.7 Å². The van der Waals surface area contributed by atoms with E-state index in [1.165, 1.54) is 24.3 Å². The van der Waals surface area contributed by atoms with Gasteiger partial charge in [-0.3, -0.25) is 10.9 Å². The first-order valence-corrected chi connectivity index (χ1v) is 17.0. The van der Waals surface area contributed by atoms with Gasteiger partial charge in [0.25, 0.3) is 0 Å². The molecule has 0 aliphatic rings. The predicted molar refractivity (Wildman–Crippen MR) is 174 cm³/mol. The molecule has 230 valence electrons. The third-order valence-corrected chi connectivity index (χ3v) is 8.82. The average molecular weight is 636 g/mol. The number of benzene rings is 3. The molecule has 0 radical (unpaired) electrons. The summed E-state index contributed by atoms with van der Waals surface area (Å²) in [6, 6.07) is 20.2. The van der Waals surface area contributed by atoms with Crippen molar-refractivity contribution >= 4 is 54.4 Å². The zero-order valence-electron chi connectivity index (χ0n) is 25.1. The van der Waals surface area contributed by atoms with Gasteiger partial charge in [0.2, 0.25) is 5.95 Å². The number of nitrogens with zero attached hydrogens (tertiary/aromatic N) is 4. The molecule has 4 rings (SSSR count). The van der Waals surface area contributed by atoms with Crippen LogP contribution in [0.2, 0.25) is 0 Å². The highest BCUT2D eigenvalue weighted by atomic mass is 32.2. The molecule has 14 heteroatoms. The lowest BCUT2D eigenvalue weighted by molar-refractivity contribution is 0.417. The fourth-order valence-electron chi connectivity index (χ4n) is 3.95. The van der Waals surface area contributed by atoms with Crippen LogP contribution in [0.3, 0.4) is 0 Å². The summed E-state index contributed by atoms with van der Waals surface area (Å²) in [6.45, 7) is 5.37. The lowest BCUT2D eigenvalue weighted by atomic mass is 10.1. The molecular formula is C30H33N7O5S2. The van der Waals surface area contributed by atoms with Crippen LogP contribution in [0.4, 0.5) is 23.3 Å². The molecule has 0 aliphatic carbocycles. The zero-order valence-corrected chi connectivity index (χ0v) is 26.7. The molecule has 0 unspecified atom stereocenters. The summed E-state index contributed by atoms with van der Waals surface area (Å²) in [5, 5.41) is 12.1. The highest BCUT2D eigenvalue weighted by Gasteiger charge is 2.14. The zero-order chi connectivity index (χ0) is 32.1. The molecule has 3 aromatic carbocycles. The molecule has 0 aliphatic heterocycles. The third-order valence-electron chi connectivity index (χ3n) is 6.56. The number of para-hydroxylation sites is 2. The van der Waals surface area contributed by atoms with Crippen LogP contribution in [-0.4, -0.2) is 57.8 Å². The van der Waals surface area contributed by atoms with Gasteiger partial charge in [-0.15, -0.1) is 0 Å². The Kier molecular flexibility index (Phi) is 9.65. The highest BCUT2D eigenvalue weighted by molar-refractivity contribution is 7.91. The number of rotatable bonds is 11. The summed E-state index contributed by atoms with van der Waals surface area (Å²) in [6.07, 6.45) is 2.32. The Morgan fingerprint density at radius 2 is 1.14 bits per heavy atom. The molecule has 0 amide bonds. The third kappa shape index (κ3) is 7.96. The number of nitrogens with one attached hydrogen (secondary N) is 3. The van der Waals surface area contributed by atoms with E-state index in [1.54, 1.807) is 58.2 Å². The minimum absolute atomic E-state index is 0.221. The number of hydrogen-bond acceptors (Lipinski definition) is 12. The van der Waals surface area contributed by atoms with Crippen molar-refractivity contribution in [2.75, 3.05) is 35.8 Å². The van der Waals surface area contributed by atoms with Crippen molar-refractivity contribution < 1.29 is 21.6 Å². The van der Waals surface area contributed by atoms with Crippen LogP contribution in [0.5, 0.6) is 5.75 Å². The van der Waals surface area contributed by atoms with Gasteiger partial charge in [0, 0.05) is 18.1 Å². The van der Waals surface area contributed by atoms with E-state index in [0.717, 1.165) is 23.6 Å². The maximum atomic E-state index is 11.8. The molecule has 0 fully saturated rings. The number of sulfone groups is 2. The van der Waals surface area contributed by atoms with Gasteiger partial charge < -0.3 is 10.1 Å². The quantitative estimate of drug-likeness (QED) is 0.151. The van der Waals surface area contributed by atoms with E-state index >= 15 is 0 Å². The van der Waals surface area contributed by atoms with Gasteiger partial charge in [0.05, 0.1) is 34.0 Å². The number of methoxy groups -OCH3 is 1. The molecular weight excluding hydrogens is 603 g/mol. The molecule has 4 aromatic rings. The standard InChI is InChI=1S/C30H33N7O5S2/c1-19-28(36-34-20(2)22-11-15-24(16-12-22)43(5,38)39)32-30(31-26-9-7-8-10-27(26)42-4)33-29(19)37-35-21(3)23-13-17-25(18-14-23)44(6,40)41/h7-18H,1-6H3,(H3,31,32,33,36,37). The topological polar surface area (TPSA) is 164 Å². The number of anilines is 4. The number of ether oxygens (including phenoxy) is 1. The van der Waals surface area contributed by atoms with E-state index in [0.29, 0.717) is 40.1 Å². The summed E-state index contributed by atoms with van der Waals surface area (Å²) in [7, 11) is -5.06. The first kappa shape index (κ1) is 32.1. The van der Waals surface area contributed by atoms with Crippen LogP contribution in [0.1, 0.15) is 30.5 Å². The van der Waals surface area contributed by atoms with Crippen molar-refractivity contribution in [3.63, 3.8) is 0 Å². The van der Waals surface area contributed by atoms with E-state index in [-0.39, 0.29) is 15.7 Å². The van der Waals surface area contributed by atoms with Gasteiger partial charge in [-0.1, -0.05) is 36.4 Å². The van der Waals surface area contributed by atoms with Gasteiger partial charge >= 0.3 is 0 Å². The Hall–Kier alpha value is -4.82. The van der Waals surface area contributed by atoms with Crippen LogP contribution in [0, 0.1) is 6.92 Å². The van der Waals surface area contributed by atoms with Crippen molar-refractivity contribution in [1.82, 2.24) is 9.97 Å². The lowest BCUT2D eigenvalue weighted by Crippen LogP contribution is -2.09. The summed E-state index contributed by atoms with van der Waals surface area (Å²) in [5.74, 6) is 1.61. The van der Waals surface area contributed by atoms with Crippen LogP contribution in [-0.2, 0) is 19.7 Å². The van der Waals surface area contributed by atoms with Gasteiger partial charge in [-0.2, -0.15) is 20.2 Å². The van der Waals surface area contributed by atoms with Crippen molar-refractivity contribution in [2.45, 2.75) is 30.6 Å². The van der Waals surface area contributed by atoms with Gasteiger partial charge in [0.15, 0.2) is 31.3 Å². The SMILES string of the molecule is COc1ccccc1Nc1nc(NN=C(C)c2ccc(S(C)(=O)=O)cc2)c(C)c(NN=C(C)c2ccc(S(C)(=O)=O)cc2)n1. The Balaban J connectivity index is 1.66. The predicted octanol–water partition coefficient (Wildman–Crippen LogP) is 5.02. The van der Waals surface area contributed by atoms with Crippen LogP contribution in [0.15, 0.2) is 92.8 Å². The summed E-state index contributed by atoms with van der Waals surface area (Å²) in [4.78, 5) is 9.67. The molecule has 0 atom stereocenters. The monoisotopic (exact) mass is 635 g/mol. The minimum atomic E-state index is -3.31. The van der Waals surface area contributed by atoms with Gasteiger partial charge in [0.1, 0.15) is 5.75 Å². The number of hydrazone groups is 2. The summed E-state index contributed by atoms with van der Waals surface area (Å²) in [5.41, 5.74) is 9.90. The summed E-state index contributed by atoms with van der Waals surface area (Å²) >= 11 is 0. The second kappa shape index (κ2) is 13.2. The van der Waals surface area contributed by atoms with Crippen molar-refractivity contribution in [2.24, 2.45) is 10.2 Å². The second-order valence-corrected chi connectivity index (χ2v) is 13.9. The lowest BCUT2D eigenvalue weighted by Gasteiger charge is -2.15. The Morgan fingerprint density at radius 3 is 1.55 bits per heavy atom. The van der Waals surface area contributed by atoms with Crippen molar-refractivity contribution in [3.8, 4) is 5.75 Å². The maximum absolute atomic E-state index is 11.8. The molecule has 12 nitrogen and oxygen atoms in total. The van der Waals surface area contributed by atoms with E-state index in [9.17, 15) is 16.8 Å². The molecule has 0 saturated heterocycles. The van der Waals surface area contributed by atoms with Gasteiger partial charge in [-0.05, 0) is 68.3 Å². The normalized spacial score (nSPS) is 12.5. The van der Waals surface area contributed by atoms with Crippen LogP contribution in [0.25, 0.3) is 0 Å². The van der Waals surface area contributed by atoms with E-state index in [1.807, 2.05) is 18.2 Å². The average Bonchev–Trinajstić information content (AvgIpc) is 2.99. The smallest absolute Gasteiger partial charge is 0.231 e. The molecule has 0 bridgehead atoms.